The van der Waals surface area contributed by atoms with Crippen molar-refractivity contribution in [3.05, 3.63) is 55.5 Å². The molecule has 7 nitrogen and oxygen atoms in total. The van der Waals surface area contributed by atoms with Crippen LogP contribution in [0.25, 0.3) is 0 Å². The van der Waals surface area contributed by atoms with Gasteiger partial charge in [-0.25, -0.2) is 0 Å². The Bertz CT molecular complexity index is 933. The SMILES string of the molecule is CN1CCN(C)Cc2cc(Br)cc(c2O)C=NCCNCCN=Cc2cc(Br)cc(c2O)C1. The minimum atomic E-state index is 0.266. The van der Waals surface area contributed by atoms with Crippen LogP contribution in [0, 0.1) is 0 Å². The van der Waals surface area contributed by atoms with Crippen molar-refractivity contribution in [1.82, 2.24) is 15.1 Å². The molecule has 0 unspecified atom stereocenters. The Hall–Kier alpha value is -1.78. The molecule has 0 radical (unpaired) electrons. The Kier molecular flexibility index (Phi) is 9.88. The van der Waals surface area contributed by atoms with Gasteiger partial charge in [0.2, 0.25) is 0 Å². The van der Waals surface area contributed by atoms with Crippen molar-refractivity contribution in [1.29, 1.82) is 0 Å². The third-order valence-corrected chi connectivity index (χ3v) is 6.32. The number of hydrogen-bond donors (Lipinski definition) is 3. The second-order valence-electron chi connectivity index (χ2n) is 8.30. The first-order valence-corrected chi connectivity index (χ1v) is 12.5. The molecule has 0 aromatic heterocycles. The van der Waals surface area contributed by atoms with Crippen molar-refractivity contribution in [2.24, 2.45) is 9.98 Å². The minimum Gasteiger partial charge on any atom is -0.507 e. The monoisotopic (exact) mass is 579 g/mol. The topological polar surface area (TPSA) is 83.7 Å². The second-order valence-corrected chi connectivity index (χ2v) is 10.1. The van der Waals surface area contributed by atoms with Gasteiger partial charge >= 0.3 is 0 Å². The Labute approximate surface area is 212 Å². The van der Waals surface area contributed by atoms with Gasteiger partial charge < -0.3 is 25.3 Å². The number of likely N-dealkylation sites (N-methyl/N-ethyl adjacent to an activating group) is 2. The molecule has 0 spiro atoms. The van der Waals surface area contributed by atoms with E-state index in [0.717, 1.165) is 46.3 Å². The first kappa shape index (κ1) is 25.8. The van der Waals surface area contributed by atoms with E-state index in [1.54, 1.807) is 12.4 Å². The molecule has 3 rings (SSSR count). The van der Waals surface area contributed by atoms with E-state index in [-0.39, 0.29) is 11.5 Å². The average Bonchev–Trinajstić information content (AvgIpc) is 2.76. The van der Waals surface area contributed by atoms with Gasteiger partial charge in [0.1, 0.15) is 11.5 Å². The zero-order valence-electron chi connectivity index (χ0n) is 19.1. The Morgan fingerprint density at radius 1 is 0.758 bits per heavy atom. The van der Waals surface area contributed by atoms with Crippen LogP contribution >= 0.6 is 31.9 Å². The molecule has 4 bridgehead atoms. The smallest absolute Gasteiger partial charge is 0.128 e. The summed E-state index contributed by atoms with van der Waals surface area (Å²) in [6.45, 7) is 5.49. The molecule has 9 heteroatoms. The summed E-state index contributed by atoms with van der Waals surface area (Å²) in [6, 6.07) is 7.66. The van der Waals surface area contributed by atoms with Crippen LogP contribution in [0.15, 0.2) is 43.2 Å². The third-order valence-electron chi connectivity index (χ3n) is 5.41. The molecule has 178 valence electrons. The number of aliphatic imine (C=N–C) groups is 2. The van der Waals surface area contributed by atoms with Gasteiger partial charge in [-0.1, -0.05) is 31.9 Å². The second kappa shape index (κ2) is 12.6. The van der Waals surface area contributed by atoms with Crippen molar-refractivity contribution in [3.63, 3.8) is 0 Å². The number of rotatable bonds is 0. The van der Waals surface area contributed by atoms with Crippen molar-refractivity contribution < 1.29 is 10.2 Å². The van der Waals surface area contributed by atoms with Gasteiger partial charge in [-0.2, -0.15) is 0 Å². The van der Waals surface area contributed by atoms with Gasteiger partial charge in [0, 0.05) is 82.9 Å². The van der Waals surface area contributed by atoms with E-state index in [2.05, 4.69) is 57.0 Å². The first-order chi connectivity index (χ1) is 15.8. The highest BCUT2D eigenvalue weighted by Crippen LogP contribution is 2.28. The fourth-order valence-electron chi connectivity index (χ4n) is 3.61. The molecule has 3 N–H and O–H groups in total. The quantitative estimate of drug-likeness (QED) is 0.443. The Balaban J connectivity index is 1.81. The lowest BCUT2D eigenvalue weighted by molar-refractivity contribution is 0.243. The first-order valence-electron chi connectivity index (χ1n) is 10.9. The minimum absolute atomic E-state index is 0.266. The maximum atomic E-state index is 10.8. The van der Waals surface area contributed by atoms with Crippen molar-refractivity contribution in [3.8, 4) is 11.5 Å². The highest BCUT2D eigenvalue weighted by Gasteiger charge is 2.13. The summed E-state index contributed by atoms with van der Waals surface area (Å²) in [5.41, 5.74) is 3.12. The molecular formula is C24H31Br2N5O2. The lowest BCUT2D eigenvalue weighted by atomic mass is 10.1. The maximum Gasteiger partial charge on any atom is 0.128 e. The van der Waals surface area contributed by atoms with Crippen LogP contribution in [0.1, 0.15) is 22.3 Å². The van der Waals surface area contributed by atoms with E-state index in [0.29, 0.717) is 37.3 Å². The molecular weight excluding hydrogens is 550 g/mol. The summed E-state index contributed by atoms with van der Waals surface area (Å²) in [6.07, 6.45) is 3.46. The van der Waals surface area contributed by atoms with Gasteiger partial charge in [0.25, 0.3) is 0 Å². The summed E-state index contributed by atoms with van der Waals surface area (Å²) >= 11 is 7.10. The predicted molar refractivity (Wildman–Crippen MR) is 142 cm³/mol. The number of halogens is 2. The van der Waals surface area contributed by atoms with Crippen LogP contribution in [0.4, 0.5) is 0 Å². The molecule has 0 saturated carbocycles. The zero-order valence-corrected chi connectivity index (χ0v) is 22.2. The predicted octanol–water partition coefficient (Wildman–Crippen LogP) is 3.63. The Morgan fingerprint density at radius 2 is 1.18 bits per heavy atom. The maximum absolute atomic E-state index is 10.8. The zero-order chi connectivity index (χ0) is 23.8. The molecule has 1 aliphatic heterocycles. The molecule has 0 amide bonds. The Morgan fingerprint density at radius 3 is 1.61 bits per heavy atom. The normalized spacial score (nSPS) is 17.6. The van der Waals surface area contributed by atoms with E-state index in [1.807, 2.05) is 38.4 Å². The van der Waals surface area contributed by atoms with Gasteiger partial charge in [-0.15, -0.1) is 0 Å². The highest BCUT2D eigenvalue weighted by molar-refractivity contribution is 9.10. The highest BCUT2D eigenvalue weighted by atomic mass is 79.9. The standard InChI is InChI=1S/C24H31Br2N5O2/c1-30-7-8-31(2)16-20-12-22(26)10-18(24(20)33)14-29-6-4-27-3-5-28-13-17-9-21(25)11-19(15-30)23(17)32/h9-14,27,32-33H,3-8,15-16H2,1-2H3. The van der Waals surface area contributed by atoms with Gasteiger partial charge in [0.15, 0.2) is 0 Å². The molecule has 2 aromatic rings. The van der Waals surface area contributed by atoms with E-state index in [4.69, 9.17) is 0 Å². The molecule has 0 fully saturated rings. The van der Waals surface area contributed by atoms with Crippen LogP contribution in [-0.4, -0.2) is 85.8 Å². The van der Waals surface area contributed by atoms with Crippen LogP contribution in [0.2, 0.25) is 0 Å². The third kappa shape index (κ3) is 7.89. The average molecular weight is 581 g/mol. The van der Waals surface area contributed by atoms with E-state index in [9.17, 15) is 10.2 Å². The summed E-state index contributed by atoms with van der Waals surface area (Å²) < 4.78 is 1.83. The molecule has 33 heavy (non-hydrogen) atoms. The van der Waals surface area contributed by atoms with Crippen LogP contribution in [-0.2, 0) is 13.1 Å². The number of hydrogen-bond acceptors (Lipinski definition) is 7. The summed E-state index contributed by atoms with van der Waals surface area (Å²) in [7, 11) is 4.07. The fourth-order valence-corrected chi connectivity index (χ4v) is 4.66. The van der Waals surface area contributed by atoms with Crippen LogP contribution in [0.5, 0.6) is 11.5 Å². The summed E-state index contributed by atoms with van der Waals surface area (Å²) in [5.74, 6) is 0.531. The summed E-state index contributed by atoms with van der Waals surface area (Å²) in [5, 5.41) is 24.8. The number of nitrogens with one attached hydrogen (secondary N) is 1. The van der Waals surface area contributed by atoms with Crippen LogP contribution in [0.3, 0.4) is 0 Å². The molecule has 0 atom stereocenters. The number of fused-ring (bicyclic) bond motifs is 4. The number of benzene rings is 2. The van der Waals surface area contributed by atoms with E-state index >= 15 is 0 Å². The van der Waals surface area contributed by atoms with Crippen LogP contribution < -0.4 is 5.32 Å². The van der Waals surface area contributed by atoms with Crippen molar-refractivity contribution in [2.45, 2.75) is 13.1 Å². The van der Waals surface area contributed by atoms with E-state index in [1.165, 1.54) is 0 Å². The fraction of sp³-hybridized carbons (Fsp3) is 0.417. The number of aromatic hydroxyl groups is 2. The largest absolute Gasteiger partial charge is 0.507 e. The number of phenols is 2. The van der Waals surface area contributed by atoms with Gasteiger partial charge in [-0.3, -0.25) is 9.98 Å². The molecule has 0 saturated heterocycles. The van der Waals surface area contributed by atoms with E-state index < -0.39 is 0 Å². The van der Waals surface area contributed by atoms with Gasteiger partial charge in [0.05, 0.1) is 13.1 Å². The van der Waals surface area contributed by atoms with Gasteiger partial charge in [-0.05, 0) is 38.4 Å². The lowest BCUT2D eigenvalue weighted by Crippen LogP contribution is -2.30. The number of nitrogens with zero attached hydrogens (tertiary/aromatic N) is 4. The molecule has 1 heterocycles. The summed E-state index contributed by atoms with van der Waals surface area (Å²) in [4.78, 5) is 13.2. The molecule has 0 aliphatic carbocycles. The number of phenolic OH excluding ortho intramolecular Hbond substituents is 2. The lowest BCUT2D eigenvalue weighted by Gasteiger charge is -2.23. The van der Waals surface area contributed by atoms with Crippen molar-refractivity contribution >= 4 is 44.3 Å². The molecule has 2 aromatic carbocycles. The molecule has 1 aliphatic rings. The van der Waals surface area contributed by atoms with Crippen molar-refractivity contribution in [2.75, 3.05) is 53.4 Å².